The number of benzene rings is 2. The van der Waals surface area contributed by atoms with E-state index in [1.54, 1.807) is 6.07 Å². The van der Waals surface area contributed by atoms with Crippen molar-refractivity contribution >= 4 is 19.7 Å². The van der Waals surface area contributed by atoms with Gasteiger partial charge in [-0.15, -0.1) is 0 Å². The molecule has 28 heavy (non-hydrogen) atoms. The lowest BCUT2D eigenvalue weighted by Crippen LogP contribution is -2.43. The topological polar surface area (TPSA) is 89.5 Å². The fraction of sp³-hybridized carbons (Fsp3) is 0.368. The molecule has 152 valence electrons. The van der Waals surface area contributed by atoms with Gasteiger partial charge in [0.25, 0.3) is 0 Å². The van der Waals surface area contributed by atoms with Crippen molar-refractivity contribution < 1.29 is 26.0 Å². The highest BCUT2D eigenvalue weighted by Gasteiger charge is 2.45. The average molecular weight is 428 g/mol. The van der Waals surface area contributed by atoms with E-state index in [4.69, 9.17) is 4.74 Å². The van der Waals surface area contributed by atoms with Crippen LogP contribution in [-0.4, -0.2) is 46.7 Å². The molecule has 2 atom stereocenters. The van der Waals surface area contributed by atoms with E-state index in [0.29, 0.717) is 5.75 Å². The summed E-state index contributed by atoms with van der Waals surface area (Å²) < 4.78 is 69.4. The lowest BCUT2D eigenvalue weighted by molar-refractivity contribution is 0.406. The van der Waals surface area contributed by atoms with Crippen LogP contribution in [0.5, 0.6) is 5.75 Å². The second-order valence-electron chi connectivity index (χ2n) is 6.87. The van der Waals surface area contributed by atoms with Gasteiger partial charge in [0.2, 0.25) is 0 Å². The van der Waals surface area contributed by atoms with Gasteiger partial charge in [-0.1, -0.05) is 18.2 Å². The van der Waals surface area contributed by atoms with Crippen LogP contribution >= 0.6 is 0 Å². The molecule has 1 heterocycles. The molecule has 9 heteroatoms. The van der Waals surface area contributed by atoms with Crippen LogP contribution < -0.4 is 10.1 Å². The van der Waals surface area contributed by atoms with Crippen molar-refractivity contribution in [3.8, 4) is 5.75 Å². The molecule has 0 aromatic heterocycles. The predicted octanol–water partition coefficient (Wildman–Crippen LogP) is 1.87. The maximum Gasteiger partial charge on any atom is 0.183 e. The van der Waals surface area contributed by atoms with E-state index in [2.05, 4.69) is 5.32 Å². The first-order chi connectivity index (χ1) is 13.1. The molecule has 2 aromatic carbocycles. The number of hydrogen-bond donors (Lipinski definition) is 1. The van der Waals surface area contributed by atoms with E-state index >= 15 is 0 Å². The summed E-state index contributed by atoms with van der Waals surface area (Å²) in [7, 11) is -5.95. The highest BCUT2D eigenvalue weighted by atomic mass is 32.2. The number of aryl methyl sites for hydroxylation is 1. The highest BCUT2D eigenvalue weighted by Crippen LogP contribution is 2.28. The third kappa shape index (κ3) is 4.21. The summed E-state index contributed by atoms with van der Waals surface area (Å²) in [5.41, 5.74) is 0.989. The Labute approximate surface area is 164 Å². The van der Waals surface area contributed by atoms with Gasteiger partial charge in [0.1, 0.15) is 11.6 Å². The molecule has 1 saturated heterocycles. The molecule has 0 aliphatic carbocycles. The van der Waals surface area contributed by atoms with Crippen molar-refractivity contribution in [1.82, 2.24) is 5.32 Å². The summed E-state index contributed by atoms with van der Waals surface area (Å²) in [5.74, 6) is -0.616. The third-order valence-corrected chi connectivity index (χ3v) is 9.05. The van der Waals surface area contributed by atoms with Crippen molar-refractivity contribution in [2.75, 3.05) is 18.6 Å². The molecular formula is C19H22FNO5S2. The molecular weight excluding hydrogens is 405 g/mol. The molecule has 1 N–H and O–H groups in total. The number of rotatable bonds is 6. The zero-order chi connectivity index (χ0) is 20.5. The lowest BCUT2D eigenvalue weighted by atomic mass is 10.1. The number of halogens is 1. The Bertz CT molecular complexity index is 1080. The third-order valence-electron chi connectivity index (χ3n) is 4.90. The second kappa shape index (κ2) is 7.81. The van der Waals surface area contributed by atoms with E-state index in [1.807, 2.05) is 18.2 Å². The molecule has 1 aliphatic heterocycles. The van der Waals surface area contributed by atoms with Crippen LogP contribution in [0.2, 0.25) is 0 Å². The van der Waals surface area contributed by atoms with Gasteiger partial charge in [-0.05, 0) is 36.8 Å². The fourth-order valence-corrected chi connectivity index (χ4v) is 8.17. The van der Waals surface area contributed by atoms with Gasteiger partial charge in [-0.2, -0.15) is 0 Å². The lowest BCUT2D eigenvalue weighted by Gasteiger charge is -2.21. The zero-order valence-corrected chi connectivity index (χ0v) is 17.2. The van der Waals surface area contributed by atoms with E-state index < -0.39 is 42.5 Å². The maximum absolute atomic E-state index is 13.5. The largest absolute Gasteiger partial charge is 0.496 e. The maximum atomic E-state index is 13.5. The first-order valence-corrected chi connectivity index (χ1v) is 12.1. The molecule has 0 radical (unpaired) electrons. The van der Waals surface area contributed by atoms with Gasteiger partial charge in [0.15, 0.2) is 19.7 Å². The van der Waals surface area contributed by atoms with Gasteiger partial charge in [-0.3, -0.25) is 0 Å². The molecule has 1 fully saturated rings. The van der Waals surface area contributed by atoms with Crippen molar-refractivity contribution in [3.05, 3.63) is 59.4 Å². The molecule has 3 rings (SSSR count). The second-order valence-corrected chi connectivity index (χ2v) is 11.2. The molecule has 1 aliphatic rings. The van der Waals surface area contributed by atoms with E-state index in [9.17, 15) is 21.2 Å². The van der Waals surface area contributed by atoms with Crippen LogP contribution in [0, 0.1) is 12.7 Å². The van der Waals surface area contributed by atoms with E-state index in [0.717, 1.165) is 11.6 Å². The normalized spacial score (nSPS) is 21.5. The van der Waals surface area contributed by atoms with Crippen LogP contribution in [0.15, 0.2) is 47.4 Å². The summed E-state index contributed by atoms with van der Waals surface area (Å²) in [5, 5.41) is 1.93. The Morgan fingerprint density at radius 2 is 1.89 bits per heavy atom. The van der Waals surface area contributed by atoms with Crippen LogP contribution in [0.1, 0.15) is 11.1 Å². The molecule has 0 bridgehead atoms. The highest BCUT2D eigenvalue weighted by molar-refractivity contribution is 7.96. The van der Waals surface area contributed by atoms with Crippen molar-refractivity contribution in [2.45, 2.75) is 29.7 Å². The number of methoxy groups -OCH3 is 1. The zero-order valence-electron chi connectivity index (χ0n) is 15.6. The quantitative estimate of drug-likeness (QED) is 0.708. The summed E-state index contributed by atoms with van der Waals surface area (Å²) in [6.07, 6.45) is 0. The molecule has 0 saturated carbocycles. The average Bonchev–Trinajstić information content (AvgIpc) is 2.97. The fourth-order valence-electron chi connectivity index (χ4n) is 3.37. The first-order valence-electron chi connectivity index (χ1n) is 8.70. The first kappa shape index (κ1) is 20.8. The molecule has 6 nitrogen and oxygen atoms in total. The van der Waals surface area contributed by atoms with Gasteiger partial charge < -0.3 is 10.1 Å². The van der Waals surface area contributed by atoms with Crippen LogP contribution in [0.4, 0.5) is 4.39 Å². The smallest absolute Gasteiger partial charge is 0.183 e. The monoisotopic (exact) mass is 427 g/mol. The molecule has 0 spiro atoms. The Balaban J connectivity index is 1.88. The van der Waals surface area contributed by atoms with Gasteiger partial charge in [-0.25, -0.2) is 21.2 Å². The van der Waals surface area contributed by atoms with Gasteiger partial charge in [0, 0.05) is 18.2 Å². The minimum atomic E-state index is -3.96. The van der Waals surface area contributed by atoms with Crippen LogP contribution in [0.25, 0.3) is 0 Å². The minimum absolute atomic E-state index is 0.0717. The Kier molecular flexibility index (Phi) is 5.79. The van der Waals surface area contributed by atoms with Crippen LogP contribution in [0.3, 0.4) is 0 Å². The minimum Gasteiger partial charge on any atom is -0.496 e. The van der Waals surface area contributed by atoms with Crippen molar-refractivity contribution in [3.63, 3.8) is 0 Å². The predicted molar refractivity (Wildman–Crippen MR) is 104 cm³/mol. The number of ether oxygens (including phenoxy) is 1. The summed E-state index contributed by atoms with van der Waals surface area (Å²) in [6, 6.07) is 9.97. The number of para-hydroxylation sites is 1. The van der Waals surface area contributed by atoms with Crippen molar-refractivity contribution in [1.29, 1.82) is 0 Å². The molecule has 2 unspecified atom stereocenters. The number of hydrogen-bond acceptors (Lipinski definition) is 6. The Morgan fingerprint density at radius 1 is 1.18 bits per heavy atom. The van der Waals surface area contributed by atoms with Crippen molar-refractivity contribution in [2.24, 2.45) is 0 Å². The van der Waals surface area contributed by atoms with Gasteiger partial charge in [0.05, 0.1) is 28.8 Å². The Hall–Kier alpha value is -1.97. The van der Waals surface area contributed by atoms with E-state index in [-0.39, 0.29) is 22.8 Å². The summed E-state index contributed by atoms with van der Waals surface area (Å²) in [6.45, 7) is 1.73. The summed E-state index contributed by atoms with van der Waals surface area (Å²) >= 11 is 0. The molecule has 2 aromatic rings. The SMILES string of the molecule is COc1ccccc1CNC1CS(=O)(=O)CC1S(=O)(=O)c1ccc(F)c(C)c1. The molecule has 0 amide bonds. The number of nitrogens with one attached hydrogen (secondary N) is 1. The Morgan fingerprint density at radius 3 is 2.57 bits per heavy atom. The summed E-state index contributed by atoms with van der Waals surface area (Å²) in [4.78, 5) is -0.0717. The number of sulfone groups is 2. The standard InChI is InChI=1S/C19H22FNO5S2/c1-13-9-15(7-8-16(13)20)28(24,25)19-12-27(22,23)11-17(19)21-10-14-5-3-4-6-18(14)26-2/h3-9,17,19,21H,10-12H2,1-2H3. The van der Waals surface area contributed by atoms with Crippen LogP contribution in [-0.2, 0) is 26.2 Å². The van der Waals surface area contributed by atoms with E-state index in [1.165, 1.54) is 26.2 Å². The van der Waals surface area contributed by atoms with Gasteiger partial charge >= 0.3 is 0 Å².